The number of nitrogens with zero attached hydrogens (tertiary/aromatic N) is 4. The average molecular weight is 414 g/mol. The molecule has 2 heterocycles. The molecule has 31 heavy (non-hydrogen) atoms. The topological polar surface area (TPSA) is 102 Å². The van der Waals surface area contributed by atoms with Gasteiger partial charge in [-0.25, -0.2) is 4.68 Å². The Kier molecular flexibility index (Phi) is 5.44. The second-order valence-corrected chi connectivity index (χ2v) is 7.44. The second kappa shape index (κ2) is 8.35. The summed E-state index contributed by atoms with van der Waals surface area (Å²) in [6, 6.07) is 14.5. The summed E-state index contributed by atoms with van der Waals surface area (Å²) in [5.41, 5.74) is 2.38. The van der Waals surface area contributed by atoms with E-state index in [1.165, 1.54) is 0 Å². The van der Waals surface area contributed by atoms with Crippen molar-refractivity contribution in [3.05, 3.63) is 77.9 Å². The predicted octanol–water partition coefficient (Wildman–Crippen LogP) is 3.51. The highest BCUT2D eigenvalue weighted by Crippen LogP contribution is 2.23. The summed E-state index contributed by atoms with van der Waals surface area (Å²) in [6.07, 6.45) is 3.49. The van der Waals surface area contributed by atoms with Gasteiger partial charge in [-0.3, -0.25) is 14.6 Å². The van der Waals surface area contributed by atoms with E-state index in [1.54, 1.807) is 48.3 Å². The molecule has 0 unspecified atom stereocenters. The number of benzene rings is 2. The first-order chi connectivity index (χ1) is 15.0. The number of amides is 2. The zero-order valence-corrected chi connectivity index (χ0v) is 17.5. The SMILES string of the molecule is Cc1c(C(=O)Nc2ccccc2C(=O)NC(C)C)nnn1-c1cccc2cnccc12. The molecule has 2 amide bonds. The summed E-state index contributed by atoms with van der Waals surface area (Å²) in [5, 5.41) is 15.9. The average Bonchev–Trinajstić information content (AvgIpc) is 3.14. The van der Waals surface area contributed by atoms with Gasteiger partial charge in [-0.15, -0.1) is 5.10 Å². The lowest BCUT2D eigenvalue weighted by atomic mass is 10.1. The number of para-hydroxylation sites is 1. The Bertz CT molecular complexity index is 1270. The molecule has 0 spiro atoms. The minimum absolute atomic E-state index is 0.0192. The molecule has 8 heteroatoms. The second-order valence-electron chi connectivity index (χ2n) is 7.44. The molecule has 8 nitrogen and oxygen atoms in total. The van der Waals surface area contributed by atoms with Gasteiger partial charge in [0.15, 0.2) is 5.69 Å². The number of aromatic nitrogens is 4. The van der Waals surface area contributed by atoms with E-state index in [0.29, 0.717) is 16.9 Å². The van der Waals surface area contributed by atoms with Crippen LogP contribution in [0.5, 0.6) is 0 Å². The molecule has 0 saturated heterocycles. The number of anilines is 1. The lowest BCUT2D eigenvalue weighted by molar-refractivity contribution is 0.0944. The fraction of sp³-hybridized carbons (Fsp3) is 0.174. The lowest BCUT2D eigenvalue weighted by Crippen LogP contribution is -2.31. The van der Waals surface area contributed by atoms with Crippen molar-refractivity contribution >= 4 is 28.3 Å². The summed E-state index contributed by atoms with van der Waals surface area (Å²) >= 11 is 0. The molecule has 0 aliphatic carbocycles. The van der Waals surface area contributed by atoms with Crippen LogP contribution in [0.25, 0.3) is 16.5 Å². The highest BCUT2D eigenvalue weighted by atomic mass is 16.2. The zero-order chi connectivity index (χ0) is 22.0. The van der Waals surface area contributed by atoms with Crippen LogP contribution in [0, 0.1) is 6.92 Å². The van der Waals surface area contributed by atoms with Crippen LogP contribution in [-0.4, -0.2) is 37.8 Å². The highest BCUT2D eigenvalue weighted by Gasteiger charge is 2.20. The van der Waals surface area contributed by atoms with Crippen molar-refractivity contribution in [2.24, 2.45) is 0 Å². The van der Waals surface area contributed by atoms with Crippen molar-refractivity contribution in [2.45, 2.75) is 26.8 Å². The van der Waals surface area contributed by atoms with Gasteiger partial charge in [-0.05, 0) is 45.0 Å². The van der Waals surface area contributed by atoms with E-state index >= 15 is 0 Å². The molecule has 4 aromatic rings. The molecule has 156 valence electrons. The van der Waals surface area contributed by atoms with Crippen molar-refractivity contribution in [3.8, 4) is 5.69 Å². The molecule has 0 radical (unpaired) electrons. The van der Waals surface area contributed by atoms with Crippen molar-refractivity contribution in [1.82, 2.24) is 25.3 Å². The minimum atomic E-state index is -0.435. The molecule has 0 saturated carbocycles. The van der Waals surface area contributed by atoms with Crippen LogP contribution < -0.4 is 10.6 Å². The largest absolute Gasteiger partial charge is 0.350 e. The third-order valence-corrected chi connectivity index (χ3v) is 4.84. The predicted molar refractivity (Wildman–Crippen MR) is 118 cm³/mol. The van der Waals surface area contributed by atoms with Crippen molar-refractivity contribution in [2.75, 3.05) is 5.32 Å². The van der Waals surface area contributed by atoms with Crippen LogP contribution in [0.3, 0.4) is 0 Å². The Morgan fingerprint density at radius 2 is 1.81 bits per heavy atom. The third kappa shape index (κ3) is 4.00. The van der Waals surface area contributed by atoms with E-state index in [1.807, 2.05) is 38.1 Å². The van der Waals surface area contributed by atoms with E-state index in [-0.39, 0.29) is 17.6 Å². The van der Waals surface area contributed by atoms with Crippen LogP contribution >= 0.6 is 0 Å². The lowest BCUT2D eigenvalue weighted by Gasteiger charge is -2.13. The fourth-order valence-corrected chi connectivity index (χ4v) is 3.37. The quantitative estimate of drug-likeness (QED) is 0.520. The van der Waals surface area contributed by atoms with E-state index in [2.05, 4.69) is 25.9 Å². The Morgan fingerprint density at radius 3 is 2.61 bits per heavy atom. The van der Waals surface area contributed by atoms with Gasteiger partial charge in [0, 0.05) is 29.2 Å². The molecule has 0 aliphatic heterocycles. The number of carbonyl (C=O) groups is 2. The molecule has 2 N–H and O–H groups in total. The summed E-state index contributed by atoms with van der Waals surface area (Å²) in [7, 11) is 0. The van der Waals surface area contributed by atoms with Crippen LogP contribution in [0.4, 0.5) is 5.69 Å². The number of pyridine rings is 1. The first-order valence-electron chi connectivity index (χ1n) is 9.92. The number of hydrogen-bond acceptors (Lipinski definition) is 5. The smallest absolute Gasteiger partial charge is 0.278 e. The molecule has 0 fully saturated rings. The maximum Gasteiger partial charge on any atom is 0.278 e. The molecule has 4 rings (SSSR count). The van der Waals surface area contributed by atoms with Gasteiger partial charge in [0.25, 0.3) is 11.8 Å². The number of nitrogens with one attached hydrogen (secondary N) is 2. The van der Waals surface area contributed by atoms with Crippen molar-refractivity contribution < 1.29 is 9.59 Å². The molecule has 0 bridgehead atoms. The van der Waals surface area contributed by atoms with Crippen LogP contribution in [-0.2, 0) is 0 Å². The number of hydrogen-bond donors (Lipinski definition) is 2. The van der Waals surface area contributed by atoms with E-state index in [9.17, 15) is 9.59 Å². The molecule has 2 aromatic carbocycles. The summed E-state index contributed by atoms with van der Waals surface area (Å²) in [4.78, 5) is 29.6. The fourth-order valence-electron chi connectivity index (χ4n) is 3.37. The molecular formula is C23H22N6O2. The van der Waals surface area contributed by atoms with Gasteiger partial charge < -0.3 is 10.6 Å². The maximum absolute atomic E-state index is 13.0. The Labute approximate surface area is 179 Å². The van der Waals surface area contributed by atoms with E-state index < -0.39 is 5.91 Å². The number of carbonyl (C=O) groups excluding carboxylic acids is 2. The Balaban J connectivity index is 1.65. The van der Waals surface area contributed by atoms with Crippen LogP contribution in [0.15, 0.2) is 60.9 Å². The van der Waals surface area contributed by atoms with Gasteiger partial charge in [0.05, 0.1) is 22.6 Å². The third-order valence-electron chi connectivity index (χ3n) is 4.84. The van der Waals surface area contributed by atoms with E-state index in [0.717, 1.165) is 16.5 Å². The van der Waals surface area contributed by atoms with Gasteiger partial charge in [0.1, 0.15) is 0 Å². The van der Waals surface area contributed by atoms with Crippen molar-refractivity contribution in [1.29, 1.82) is 0 Å². The monoisotopic (exact) mass is 414 g/mol. The Morgan fingerprint density at radius 1 is 1.00 bits per heavy atom. The molecule has 0 aliphatic rings. The van der Waals surface area contributed by atoms with Crippen LogP contribution in [0.2, 0.25) is 0 Å². The van der Waals surface area contributed by atoms with Gasteiger partial charge >= 0.3 is 0 Å². The summed E-state index contributed by atoms with van der Waals surface area (Å²) < 4.78 is 1.63. The first kappa shape index (κ1) is 20.2. The van der Waals surface area contributed by atoms with E-state index in [4.69, 9.17) is 0 Å². The minimum Gasteiger partial charge on any atom is -0.350 e. The molecule has 2 aromatic heterocycles. The standard InChI is InChI=1S/C23H22N6O2/c1-14(2)25-22(30)18-8-4-5-9-19(18)26-23(31)21-15(3)29(28-27-21)20-10-6-7-16-13-24-12-11-17(16)20/h4-14H,1-3H3,(H,25,30)(H,26,31). The van der Waals surface area contributed by atoms with Gasteiger partial charge in [-0.2, -0.15) is 0 Å². The van der Waals surface area contributed by atoms with Crippen LogP contribution in [0.1, 0.15) is 40.4 Å². The molecule has 0 atom stereocenters. The summed E-state index contributed by atoms with van der Waals surface area (Å²) in [5.74, 6) is -0.689. The Hall–Kier alpha value is -4.07. The maximum atomic E-state index is 13.0. The zero-order valence-electron chi connectivity index (χ0n) is 17.5. The first-order valence-corrected chi connectivity index (χ1v) is 9.92. The normalized spacial score (nSPS) is 11.0. The summed E-state index contributed by atoms with van der Waals surface area (Å²) in [6.45, 7) is 5.54. The number of rotatable bonds is 5. The highest BCUT2D eigenvalue weighted by molar-refractivity contribution is 6.08. The van der Waals surface area contributed by atoms with Gasteiger partial charge in [-0.1, -0.05) is 29.5 Å². The van der Waals surface area contributed by atoms with Gasteiger partial charge in [0.2, 0.25) is 0 Å². The van der Waals surface area contributed by atoms with Crippen molar-refractivity contribution in [3.63, 3.8) is 0 Å². The molecular weight excluding hydrogens is 392 g/mol. The number of fused-ring (bicyclic) bond motifs is 1.